The molecule has 0 unspecified atom stereocenters. The van der Waals surface area contributed by atoms with Crippen LogP contribution in [0.5, 0.6) is 0 Å². The number of fused-ring (bicyclic) bond motifs is 4. The molecule has 4 heterocycles. The lowest BCUT2D eigenvalue weighted by Crippen LogP contribution is -2.46. The number of nitrogens with zero attached hydrogens (tertiary/aromatic N) is 2. The normalized spacial score (nSPS) is 24.8. The van der Waals surface area contributed by atoms with Crippen molar-refractivity contribution in [3.8, 4) is 0 Å². The van der Waals surface area contributed by atoms with Gasteiger partial charge in [-0.05, 0) is 24.3 Å². The van der Waals surface area contributed by atoms with Gasteiger partial charge in [-0.15, -0.1) is 11.3 Å². The number of likely N-dealkylation sites (N-methyl/N-ethyl adjacent to an activating group) is 1. The summed E-state index contributed by atoms with van der Waals surface area (Å²) in [6.07, 6.45) is 1.68. The number of carbonyl (C=O) groups is 2. The van der Waals surface area contributed by atoms with Gasteiger partial charge in [0.25, 0.3) is 10.0 Å². The molecule has 0 saturated carbocycles. The zero-order chi connectivity index (χ0) is 16.6. The molecule has 9 heteroatoms. The van der Waals surface area contributed by atoms with Gasteiger partial charge in [-0.3, -0.25) is 9.59 Å². The largest absolute Gasteiger partial charge is 0.341 e. The van der Waals surface area contributed by atoms with Crippen molar-refractivity contribution in [3.63, 3.8) is 0 Å². The number of hydrogen-bond acceptors (Lipinski definition) is 5. The molecule has 3 aliphatic rings. The maximum atomic E-state index is 12.4. The van der Waals surface area contributed by atoms with E-state index in [0.717, 1.165) is 24.2 Å². The van der Waals surface area contributed by atoms with Crippen LogP contribution in [0.1, 0.15) is 12.8 Å². The van der Waals surface area contributed by atoms with Gasteiger partial charge in [-0.2, -0.15) is 0 Å². The van der Waals surface area contributed by atoms with E-state index in [1.807, 2.05) is 0 Å². The monoisotopic (exact) mass is 357 g/mol. The molecule has 0 radical (unpaired) electrons. The Morgan fingerprint density at radius 2 is 2.17 bits per heavy atom. The maximum Gasteiger partial charge on any atom is 0.250 e. The van der Waals surface area contributed by atoms with E-state index in [-0.39, 0.29) is 34.5 Å². The molecule has 3 fully saturated rings. The number of thiophene rings is 1. The predicted molar refractivity (Wildman–Crippen MR) is 85.4 cm³/mol. The SMILES string of the molecule is CN1C(=O)[C@@H]2CC[C@H]1CN(C(=O)CNS(=O)(=O)c1cccs1)C2. The molecule has 23 heavy (non-hydrogen) atoms. The maximum absolute atomic E-state index is 12.4. The molecule has 0 aromatic carbocycles. The van der Waals surface area contributed by atoms with Crippen LogP contribution in [0.2, 0.25) is 0 Å². The smallest absolute Gasteiger partial charge is 0.250 e. The minimum Gasteiger partial charge on any atom is -0.341 e. The number of carbonyl (C=O) groups excluding carboxylic acids is 2. The zero-order valence-electron chi connectivity index (χ0n) is 12.8. The summed E-state index contributed by atoms with van der Waals surface area (Å²) in [5.74, 6) is -0.377. The van der Waals surface area contributed by atoms with Crippen molar-refractivity contribution in [2.45, 2.75) is 23.1 Å². The van der Waals surface area contributed by atoms with E-state index >= 15 is 0 Å². The van der Waals surface area contributed by atoms with Gasteiger partial charge in [0.2, 0.25) is 11.8 Å². The van der Waals surface area contributed by atoms with E-state index in [4.69, 9.17) is 0 Å². The summed E-state index contributed by atoms with van der Waals surface area (Å²) in [7, 11) is -1.88. The number of sulfonamides is 1. The Balaban J connectivity index is 1.64. The van der Waals surface area contributed by atoms with Crippen LogP contribution in [0, 0.1) is 5.92 Å². The Bertz CT molecular complexity index is 702. The first-order valence-electron chi connectivity index (χ1n) is 7.46. The minimum absolute atomic E-state index is 0.0269. The molecule has 4 rings (SSSR count). The fraction of sp³-hybridized carbons (Fsp3) is 0.571. The van der Waals surface area contributed by atoms with Gasteiger partial charge in [-0.25, -0.2) is 13.1 Å². The van der Waals surface area contributed by atoms with E-state index < -0.39 is 10.0 Å². The number of hydrogen-bond donors (Lipinski definition) is 1. The van der Waals surface area contributed by atoms with E-state index in [2.05, 4.69) is 4.72 Å². The molecule has 2 atom stereocenters. The fourth-order valence-electron chi connectivity index (χ4n) is 3.12. The predicted octanol–water partition coefficient (Wildman–Crippen LogP) is 0.106. The summed E-state index contributed by atoms with van der Waals surface area (Å²) in [6, 6.07) is 3.17. The van der Waals surface area contributed by atoms with Crippen LogP contribution < -0.4 is 4.72 Å². The number of piperidine rings is 1. The lowest BCUT2D eigenvalue weighted by Gasteiger charge is -2.32. The molecule has 1 N–H and O–H groups in total. The van der Waals surface area contributed by atoms with Crippen molar-refractivity contribution in [2.75, 3.05) is 26.7 Å². The van der Waals surface area contributed by atoms with Gasteiger partial charge < -0.3 is 9.80 Å². The number of amides is 2. The number of rotatable bonds is 4. The van der Waals surface area contributed by atoms with Crippen molar-refractivity contribution in [1.29, 1.82) is 0 Å². The van der Waals surface area contributed by atoms with Gasteiger partial charge in [0, 0.05) is 26.2 Å². The molecule has 0 aliphatic carbocycles. The quantitative estimate of drug-likeness (QED) is 0.828. The van der Waals surface area contributed by atoms with Crippen molar-refractivity contribution in [2.24, 2.45) is 5.92 Å². The molecule has 3 aliphatic heterocycles. The highest BCUT2D eigenvalue weighted by Gasteiger charge is 2.40. The Hall–Kier alpha value is -1.45. The molecule has 3 saturated heterocycles. The van der Waals surface area contributed by atoms with Gasteiger partial charge in [0.1, 0.15) is 4.21 Å². The summed E-state index contributed by atoms with van der Waals surface area (Å²) in [6.45, 7) is 0.565. The third-order valence-electron chi connectivity index (χ3n) is 4.49. The van der Waals surface area contributed by atoms with E-state index in [1.54, 1.807) is 28.3 Å². The van der Waals surface area contributed by atoms with Crippen LogP contribution >= 0.6 is 11.3 Å². The van der Waals surface area contributed by atoms with Crippen molar-refractivity contribution in [1.82, 2.24) is 14.5 Å². The van der Waals surface area contributed by atoms with Crippen LogP contribution in [-0.4, -0.2) is 62.8 Å². The van der Waals surface area contributed by atoms with Gasteiger partial charge in [-0.1, -0.05) is 6.07 Å². The molecule has 2 amide bonds. The molecular weight excluding hydrogens is 338 g/mol. The second-order valence-electron chi connectivity index (χ2n) is 5.93. The third kappa shape index (κ3) is 3.26. The molecule has 2 bridgehead atoms. The Labute approximate surface area is 139 Å². The summed E-state index contributed by atoms with van der Waals surface area (Å²) < 4.78 is 26.7. The first kappa shape index (κ1) is 16.4. The third-order valence-corrected chi connectivity index (χ3v) is 7.29. The summed E-state index contributed by atoms with van der Waals surface area (Å²) in [5.41, 5.74) is 0. The minimum atomic E-state index is -3.65. The highest BCUT2D eigenvalue weighted by Crippen LogP contribution is 2.27. The second-order valence-corrected chi connectivity index (χ2v) is 8.87. The fourth-order valence-corrected chi connectivity index (χ4v) is 5.13. The van der Waals surface area contributed by atoms with Crippen LogP contribution in [0.15, 0.2) is 21.7 Å². The summed E-state index contributed by atoms with van der Waals surface area (Å²) in [4.78, 5) is 27.8. The Kier molecular flexibility index (Phi) is 4.43. The summed E-state index contributed by atoms with van der Waals surface area (Å²) in [5, 5.41) is 1.67. The zero-order valence-corrected chi connectivity index (χ0v) is 14.4. The first-order chi connectivity index (χ1) is 10.9. The van der Waals surface area contributed by atoms with E-state index in [1.165, 1.54) is 6.07 Å². The molecule has 126 valence electrons. The number of nitrogens with one attached hydrogen (secondary N) is 1. The van der Waals surface area contributed by atoms with E-state index in [0.29, 0.717) is 13.1 Å². The van der Waals surface area contributed by atoms with Gasteiger partial charge >= 0.3 is 0 Å². The molecule has 7 nitrogen and oxygen atoms in total. The molecule has 1 aromatic rings. The average molecular weight is 357 g/mol. The summed E-state index contributed by atoms with van der Waals surface area (Å²) >= 11 is 1.11. The topological polar surface area (TPSA) is 86.8 Å². The van der Waals surface area contributed by atoms with Crippen molar-refractivity contribution in [3.05, 3.63) is 17.5 Å². The van der Waals surface area contributed by atoms with Crippen molar-refractivity contribution < 1.29 is 18.0 Å². The van der Waals surface area contributed by atoms with Crippen LogP contribution in [0.3, 0.4) is 0 Å². The first-order valence-corrected chi connectivity index (χ1v) is 9.82. The molecule has 1 aromatic heterocycles. The van der Waals surface area contributed by atoms with Gasteiger partial charge in [0.15, 0.2) is 0 Å². The van der Waals surface area contributed by atoms with E-state index in [9.17, 15) is 18.0 Å². The van der Waals surface area contributed by atoms with Gasteiger partial charge in [0.05, 0.1) is 12.5 Å². The second kappa shape index (κ2) is 6.21. The standard InChI is InChI=1S/C14H19N3O4S2/c1-16-11-5-4-10(14(16)19)8-17(9-11)12(18)7-15-23(20,21)13-3-2-6-22-13/h2-3,6,10-11,15H,4-5,7-9H2,1H3/t10-,11+/m1/s1. The lowest BCUT2D eigenvalue weighted by molar-refractivity contribution is -0.138. The highest BCUT2D eigenvalue weighted by atomic mass is 32.2. The van der Waals surface area contributed by atoms with Crippen LogP contribution in [0.25, 0.3) is 0 Å². The Morgan fingerprint density at radius 1 is 1.39 bits per heavy atom. The Morgan fingerprint density at radius 3 is 2.87 bits per heavy atom. The van der Waals surface area contributed by atoms with Crippen LogP contribution in [0.4, 0.5) is 0 Å². The lowest BCUT2D eigenvalue weighted by atomic mass is 9.95. The van der Waals surface area contributed by atoms with Crippen molar-refractivity contribution >= 4 is 33.2 Å². The average Bonchev–Trinajstić information content (AvgIpc) is 2.94. The molecule has 0 spiro atoms. The molecular formula is C14H19N3O4S2. The van der Waals surface area contributed by atoms with Crippen LogP contribution in [-0.2, 0) is 19.6 Å². The highest BCUT2D eigenvalue weighted by molar-refractivity contribution is 7.91.